The molecule has 56 heavy (non-hydrogen) atoms. The number of nitrogens with zero attached hydrogens (tertiary/aromatic N) is 2. The van der Waals surface area contributed by atoms with E-state index in [-0.39, 0.29) is 24.8 Å². The molecule has 0 radical (unpaired) electrons. The summed E-state index contributed by atoms with van der Waals surface area (Å²) in [5.41, 5.74) is -0.950. The molecule has 0 aromatic rings. The van der Waals surface area contributed by atoms with Crippen molar-refractivity contribution in [2.24, 2.45) is 0 Å². The molecule has 6 heteroatoms. The molecule has 0 rings (SSSR count). The Balaban J connectivity index is 4.33. The Hall–Kier alpha value is -2.18. The third-order valence-electron chi connectivity index (χ3n) is 10.6. The van der Waals surface area contributed by atoms with E-state index in [1.54, 1.807) is 0 Å². The number of likely N-dealkylation sites (N-methyl/N-ethyl adjacent to an activating group) is 1. The second-order valence-corrected chi connectivity index (χ2v) is 17.5. The van der Waals surface area contributed by atoms with Crippen LogP contribution in [-0.2, 0) is 19.1 Å². The lowest BCUT2D eigenvalue weighted by atomic mass is 9.88. The molecule has 0 aromatic heterocycles. The number of unbranched alkanes of at least 4 members (excludes halogenated alkanes) is 18. The van der Waals surface area contributed by atoms with Crippen LogP contribution in [-0.4, -0.2) is 73.2 Å². The average Bonchev–Trinajstić information content (AvgIpc) is 3.13. The van der Waals surface area contributed by atoms with Crippen LogP contribution < -0.4 is 0 Å². The molecule has 326 valence electrons. The maximum Gasteiger partial charge on any atom is 0.307 e. The molecule has 0 amide bonds. The Labute approximate surface area is 348 Å². The van der Waals surface area contributed by atoms with Crippen LogP contribution in [0.5, 0.6) is 0 Å². The van der Waals surface area contributed by atoms with E-state index in [9.17, 15) is 9.59 Å². The molecule has 0 N–H and O–H groups in total. The van der Waals surface area contributed by atoms with Crippen LogP contribution in [0.2, 0.25) is 0 Å². The number of carbonyl (C=O) groups is 2. The third kappa shape index (κ3) is 33.9. The summed E-state index contributed by atoms with van der Waals surface area (Å²) in [4.78, 5) is 30.5. The number of hydrogen-bond acceptors (Lipinski definition) is 6. The SMILES string of the molecule is CCCCC/C=C\C/C=C\CCCCCCCCOC(=O)CC(C)(C)N(CCN(C)C)C(C)(C)CC(=O)OCCCCCCCC/C=C\C/C=C\CCCCC. The molecule has 0 aliphatic heterocycles. The highest BCUT2D eigenvalue weighted by Gasteiger charge is 2.40. The summed E-state index contributed by atoms with van der Waals surface area (Å²) in [7, 11) is 4.11. The molecule has 0 atom stereocenters. The van der Waals surface area contributed by atoms with Crippen LogP contribution in [0.4, 0.5) is 0 Å². The van der Waals surface area contributed by atoms with Gasteiger partial charge in [-0.2, -0.15) is 0 Å². The van der Waals surface area contributed by atoms with Crippen molar-refractivity contribution in [2.75, 3.05) is 40.4 Å². The summed E-state index contributed by atoms with van der Waals surface area (Å²) in [5, 5.41) is 0. The first-order valence-corrected chi connectivity index (χ1v) is 23.3. The highest BCUT2D eigenvalue weighted by molar-refractivity contribution is 5.72. The maximum atomic E-state index is 13.0. The van der Waals surface area contributed by atoms with Crippen LogP contribution in [0.1, 0.15) is 208 Å². The van der Waals surface area contributed by atoms with Gasteiger partial charge in [0.25, 0.3) is 0 Å². The molecule has 0 saturated heterocycles. The maximum absolute atomic E-state index is 13.0. The van der Waals surface area contributed by atoms with Crippen LogP contribution in [0.3, 0.4) is 0 Å². The highest BCUT2D eigenvalue weighted by Crippen LogP contribution is 2.31. The predicted octanol–water partition coefficient (Wildman–Crippen LogP) is 13.9. The first-order chi connectivity index (χ1) is 27.0. The van der Waals surface area contributed by atoms with Gasteiger partial charge < -0.3 is 14.4 Å². The predicted molar refractivity (Wildman–Crippen MR) is 243 cm³/mol. The molecule has 0 bridgehead atoms. The van der Waals surface area contributed by atoms with Gasteiger partial charge in [-0.05, 0) is 119 Å². The summed E-state index contributed by atoms with van der Waals surface area (Å²) < 4.78 is 11.4. The third-order valence-corrected chi connectivity index (χ3v) is 10.6. The van der Waals surface area contributed by atoms with E-state index in [1.807, 2.05) is 0 Å². The van der Waals surface area contributed by atoms with Crippen molar-refractivity contribution in [1.29, 1.82) is 0 Å². The van der Waals surface area contributed by atoms with Crippen LogP contribution in [0, 0.1) is 0 Å². The topological polar surface area (TPSA) is 59.1 Å². The quantitative estimate of drug-likeness (QED) is 0.0351. The molecule has 0 heterocycles. The van der Waals surface area contributed by atoms with E-state index in [2.05, 4.69) is 114 Å². The minimum atomic E-state index is -0.475. The molecule has 6 nitrogen and oxygen atoms in total. The van der Waals surface area contributed by atoms with Gasteiger partial charge in [-0.3, -0.25) is 14.5 Å². The van der Waals surface area contributed by atoms with Gasteiger partial charge in [0.15, 0.2) is 0 Å². The van der Waals surface area contributed by atoms with Crippen molar-refractivity contribution < 1.29 is 19.1 Å². The lowest BCUT2D eigenvalue weighted by Gasteiger charge is -2.48. The molecule has 0 spiro atoms. The summed E-state index contributed by atoms with van der Waals surface area (Å²) >= 11 is 0. The van der Waals surface area contributed by atoms with Gasteiger partial charge in [0.2, 0.25) is 0 Å². The second kappa shape index (κ2) is 37.1. The van der Waals surface area contributed by atoms with Gasteiger partial charge in [-0.1, -0.05) is 140 Å². The number of hydrogen-bond donors (Lipinski definition) is 0. The Bertz CT molecular complexity index is 966. The van der Waals surface area contributed by atoms with Crippen molar-refractivity contribution in [3.8, 4) is 0 Å². The number of esters is 2. The summed E-state index contributed by atoms with van der Waals surface area (Å²) in [5.74, 6) is -0.327. The van der Waals surface area contributed by atoms with Crippen molar-refractivity contribution >= 4 is 11.9 Å². The highest BCUT2D eigenvalue weighted by atomic mass is 16.5. The van der Waals surface area contributed by atoms with E-state index in [0.29, 0.717) is 13.2 Å². The molecule has 0 aliphatic rings. The van der Waals surface area contributed by atoms with Gasteiger partial charge in [-0.25, -0.2) is 0 Å². The number of allylic oxidation sites excluding steroid dienone is 8. The van der Waals surface area contributed by atoms with Gasteiger partial charge >= 0.3 is 11.9 Å². The van der Waals surface area contributed by atoms with Crippen molar-refractivity contribution in [1.82, 2.24) is 9.80 Å². The molecule has 0 aromatic carbocycles. The van der Waals surface area contributed by atoms with E-state index in [1.165, 1.54) is 103 Å². The largest absolute Gasteiger partial charge is 0.466 e. The van der Waals surface area contributed by atoms with Crippen molar-refractivity contribution in [2.45, 2.75) is 220 Å². The van der Waals surface area contributed by atoms with E-state index >= 15 is 0 Å². The van der Waals surface area contributed by atoms with Gasteiger partial charge in [0, 0.05) is 24.2 Å². The summed E-state index contributed by atoms with van der Waals surface area (Å²) in [6, 6.07) is 0. The van der Waals surface area contributed by atoms with Gasteiger partial charge in [-0.15, -0.1) is 0 Å². The second-order valence-electron chi connectivity index (χ2n) is 17.5. The Morgan fingerprint density at radius 3 is 1.11 bits per heavy atom. The molecule has 0 unspecified atom stereocenters. The van der Waals surface area contributed by atoms with Crippen LogP contribution in [0.25, 0.3) is 0 Å². The monoisotopic (exact) mass is 785 g/mol. The molecular weight excluding hydrogens is 693 g/mol. The van der Waals surface area contributed by atoms with E-state index in [0.717, 1.165) is 64.5 Å². The zero-order valence-electron chi connectivity index (χ0n) is 38.4. The Kier molecular flexibility index (Phi) is 35.7. The standard InChI is InChI=1S/C50H92N2O4/c1-9-11-13-15-17-19-21-23-25-27-29-31-33-35-37-39-43-55-47(53)45-49(3,4)52(42-41-51(7)8)50(5,6)46-48(54)56-44-40-38-36-34-32-30-28-26-24-22-20-18-16-14-12-10-2/h17-20,23-26H,9-16,21-22,27-46H2,1-8H3/b19-17-,20-18-,25-23-,26-24-. The van der Waals surface area contributed by atoms with Crippen LogP contribution in [0.15, 0.2) is 48.6 Å². The fraction of sp³-hybridized carbons (Fsp3) is 0.800. The molecule has 0 saturated carbocycles. The fourth-order valence-electron chi connectivity index (χ4n) is 7.28. The van der Waals surface area contributed by atoms with Crippen molar-refractivity contribution in [3.63, 3.8) is 0 Å². The van der Waals surface area contributed by atoms with E-state index in [4.69, 9.17) is 9.47 Å². The lowest BCUT2D eigenvalue weighted by Crippen LogP contribution is -2.58. The fourth-order valence-corrected chi connectivity index (χ4v) is 7.28. The lowest BCUT2D eigenvalue weighted by molar-refractivity contribution is -0.150. The molecule has 0 fully saturated rings. The normalized spacial score (nSPS) is 12.8. The first kappa shape index (κ1) is 53.8. The number of ether oxygens (including phenoxy) is 2. The number of rotatable bonds is 39. The zero-order valence-corrected chi connectivity index (χ0v) is 38.4. The Morgan fingerprint density at radius 1 is 0.446 bits per heavy atom. The summed E-state index contributed by atoms with van der Waals surface area (Å²) in [6.45, 7) is 15.4. The smallest absolute Gasteiger partial charge is 0.307 e. The minimum Gasteiger partial charge on any atom is -0.466 e. The van der Waals surface area contributed by atoms with E-state index < -0.39 is 11.1 Å². The van der Waals surface area contributed by atoms with Crippen molar-refractivity contribution in [3.05, 3.63) is 48.6 Å². The summed E-state index contributed by atoms with van der Waals surface area (Å²) in [6.07, 6.45) is 47.6. The van der Waals surface area contributed by atoms with Crippen LogP contribution >= 0.6 is 0 Å². The minimum absolute atomic E-state index is 0.164. The van der Waals surface area contributed by atoms with Gasteiger partial charge in [0.05, 0.1) is 26.1 Å². The first-order valence-electron chi connectivity index (χ1n) is 23.3. The number of carbonyl (C=O) groups excluding carboxylic acids is 2. The van der Waals surface area contributed by atoms with Gasteiger partial charge in [0.1, 0.15) is 0 Å². The average molecular weight is 785 g/mol. The Morgan fingerprint density at radius 2 is 0.768 bits per heavy atom. The molecule has 0 aliphatic carbocycles. The molecular formula is C50H92N2O4. The zero-order chi connectivity index (χ0) is 41.6.